The molecule has 1 aromatic rings. The van der Waals surface area contributed by atoms with E-state index in [1.165, 1.54) is 5.56 Å². The molecule has 3 N–H and O–H groups in total. The topological polar surface area (TPSA) is 87.0 Å². The summed E-state index contributed by atoms with van der Waals surface area (Å²) in [6.45, 7) is 1.52. The number of carbonyl (C=O) groups excluding carboxylic acids is 1. The molecule has 2 aliphatic carbocycles. The number of carbonyl (C=O) groups is 1. The van der Waals surface area contributed by atoms with Crippen molar-refractivity contribution in [3.63, 3.8) is 0 Å². The maximum absolute atomic E-state index is 11.4. The molecule has 1 unspecified atom stereocenters. The molecule has 0 radical (unpaired) electrons. The van der Waals surface area contributed by atoms with E-state index in [-0.39, 0.29) is 18.3 Å². The number of hydrogen-bond acceptors (Lipinski definition) is 5. The van der Waals surface area contributed by atoms with E-state index in [0.29, 0.717) is 17.6 Å². The molecule has 5 atom stereocenters. The zero-order chi connectivity index (χ0) is 20.8. The van der Waals surface area contributed by atoms with Gasteiger partial charge in [0, 0.05) is 5.92 Å². The summed E-state index contributed by atoms with van der Waals surface area (Å²) in [5.41, 5.74) is 2.33. The maximum Gasteiger partial charge on any atom is 0.195 e. The van der Waals surface area contributed by atoms with Crippen LogP contribution in [-0.2, 0) is 17.6 Å². The summed E-state index contributed by atoms with van der Waals surface area (Å²) in [6, 6.07) is 5.90. The molecule has 29 heavy (non-hydrogen) atoms. The molecule has 1 aromatic carbocycles. The summed E-state index contributed by atoms with van der Waals surface area (Å²) in [5, 5.41) is 29.8. The number of fused-ring (bicyclic) bond motifs is 2. The molecule has 2 aliphatic rings. The van der Waals surface area contributed by atoms with Gasteiger partial charge in [0.25, 0.3) is 0 Å². The van der Waals surface area contributed by atoms with Crippen LogP contribution in [0.5, 0.6) is 5.75 Å². The molecule has 0 spiro atoms. The van der Waals surface area contributed by atoms with Crippen LogP contribution in [0.25, 0.3) is 0 Å². The molecule has 5 heteroatoms. The van der Waals surface area contributed by atoms with Crippen molar-refractivity contribution in [1.82, 2.24) is 0 Å². The molecule has 3 rings (SSSR count). The third-order valence-corrected chi connectivity index (χ3v) is 6.46. The highest BCUT2D eigenvalue weighted by Crippen LogP contribution is 2.47. The van der Waals surface area contributed by atoms with E-state index in [2.05, 4.69) is 13.0 Å². The minimum Gasteiger partial charge on any atom is -0.485 e. The lowest BCUT2D eigenvalue weighted by molar-refractivity contribution is -0.123. The Kier molecular flexibility index (Phi) is 7.87. The van der Waals surface area contributed by atoms with Gasteiger partial charge >= 0.3 is 0 Å². The Bertz CT molecular complexity index is 713. The van der Waals surface area contributed by atoms with Crippen LogP contribution in [0, 0.1) is 17.8 Å². The number of ketones is 1. The number of rotatable bonds is 10. The van der Waals surface area contributed by atoms with E-state index in [4.69, 9.17) is 9.84 Å². The third kappa shape index (κ3) is 5.47. The summed E-state index contributed by atoms with van der Waals surface area (Å²) in [7, 11) is 0. The fourth-order valence-electron chi connectivity index (χ4n) is 4.90. The fourth-order valence-corrected chi connectivity index (χ4v) is 4.90. The molecule has 0 saturated heterocycles. The lowest BCUT2D eigenvalue weighted by Gasteiger charge is -2.31. The van der Waals surface area contributed by atoms with E-state index in [0.717, 1.165) is 50.5 Å². The van der Waals surface area contributed by atoms with Gasteiger partial charge in [-0.25, -0.2) is 0 Å². The second-order valence-electron chi connectivity index (χ2n) is 8.54. The van der Waals surface area contributed by atoms with Crippen molar-refractivity contribution in [3.8, 4) is 5.75 Å². The van der Waals surface area contributed by atoms with Gasteiger partial charge in [-0.3, -0.25) is 4.79 Å². The second kappa shape index (κ2) is 10.4. The predicted octanol–water partition coefficient (Wildman–Crippen LogP) is 2.84. The van der Waals surface area contributed by atoms with Gasteiger partial charge in [0.15, 0.2) is 5.78 Å². The standard InChI is InChI=1S/C24H34O5/c1-2-3-4-7-18(26)9-10-20-21-11-16-6-5-8-24(29-15-19(27)14-25)22(16)12-17(21)13-23(20)28/h5-6,8-10,17-18,20-21,23,25-26,28H,2-4,7,11-15H2,1H3/b10-9+/t17?,18-,20+,21-,23+/m0/s1. The quantitative estimate of drug-likeness (QED) is 0.414. The number of ether oxygens (including phenoxy) is 1. The summed E-state index contributed by atoms with van der Waals surface area (Å²) in [4.78, 5) is 11.4. The number of Topliss-reactive ketones (excluding diaryl/α,β-unsaturated/α-hetero) is 1. The first kappa shape index (κ1) is 22.0. The van der Waals surface area contributed by atoms with Crippen molar-refractivity contribution < 1.29 is 24.9 Å². The van der Waals surface area contributed by atoms with Crippen molar-refractivity contribution in [2.45, 2.75) is 64.1 Å². The number of benzene rings is 1. The largest absolute Gasteiger partial charge is 0.485 e. The Hall–Kier alpha value is -1.69. The molecule has 0 amide bonds. The fraction of sp³-hybridized carbons (Fsp3) is 0.625. The van der Waals surface area contributed by atoms with E-state index >= 15 is 0 Å². The number of unbranched alkanes of at least 4 members (excludes halogenated alkanes) is 2. The van der Waals surface area contributed by atoms with Gasteiger partial charge in [-0.1, -0.05) is 50.5 Å². The zero-order valence-corrected chi connectivity index (χ0v) is 17.3. The van der Waals surface area contributed by atoms with Gasteiger partial charge in [0.2, 0.25) is 0 Å². The van der Waals surface area contributed by atoms with Gasteiger partial charge in [-0.2, -0.15) is 0 Å². The molecule has 1 saturated carbocycles. The van der Waals surface area contributed by atoms with Crippen LogP contribution >= 0.6 is 0 Å². The Morgan fingerprint density at radius 3 is 2.90 bits per heavy atom. The number of hydrogen-bond donors (Lipinski definition) is 3. The first-order chi connectivity index (χ1) is 14.0. The number of aliphatic hydroxyl groups excluding tert-OH is 3. The van der Waals surface area contributed by atoms with Crippen molar-refractivity contribution in [1.29, 1.82) is 0 Å². The van der Waals surface area contributed by atoms with Crippen molar-refractivity contribution in [3.05, 3.63) is 41.5 Å². The van der Waals surface area contributed by atoms with Gasteiger partial charge in [-0.05, 0) is 54.7 Å². The molecule has 0 heterocycles. The van der Waals surface area contributed by atoms with Crippen LogP contribution < -0.4 is 4.74 Å². The highest BCUT2D eigenvalue weighted by Gasteiger charge is 2.44. The van der Waals surface area contributed by atoms with Crippen molar-refractivity contribution in [2.24, 2.45) is 17.8 Å². The van der Waals surface area contributed by atoms with E-state index < -0.39 is 18.8 Å². The van der Waals surface area contributed by atoms with E-state index in [1.807, 2.05) is 24.3 Å². The van der Waals surface area contributed by atoms with Gasteiger partial charge in [-0.15, -0.1) is 0 Å². The van der Waals surface area contributed by atoms with Gasteiger partial charge in [0.05, 0.1) is 12.2 Å². The summed E-state index contributed by atoms with van der Waals surface area (Å²) in [6.07, 6.45) is 9.59. The Morgan fingerprint density at radius 1 is 1.31 bits per heavy atom. The summed E-state index contributed by atoms with van der Waals surface area (Å²) >= 11 is 0. The molecule has 160 valence electrons. The molecular formula is C24H34O5. The zero-order valence-electron chi connectivity index (χ0n) is 17.3. The molecule has 1 fully saturated rings. The van der Waals surface area contributed by atoms with Gasteiger partial charge in [0.1, 0.15) is 19.0 Å². The predicted molar refractivity (Wildman–Crippen MR) is 112 cm³/mol. The SMILES string of the molecule is CCCCC[C@H](O)/C=C/[C@H]1[C@H](O)CC2Cc3c(cccc3OCC(=O)CO)C[C@@H]21. The highest BCUT2D eigenvalue weighted by atomic mass is 16.5. The van der Waals surface area contributed by atoms with Crippen LogP contribution in [0.3, 0.4) is 0 Å². The Labute approximate surface area is 173 Å². The molecule has 0 aliphatic heterocycles. The third-order valence-electron chi connectivity index (χ3n) is 6.46. The number of aliphatic hydroxyl groups is 3. The molecule has 0 aromatic heterocycles. The van der Waals surface area contributed by atoms with E-state index in [1.54, 1.807) is 0 Å². The average molecular weight is 403 g/mol. The first-order valence-corrected chi connectivity index (χ1v) is 10.9. The first-order valence-electron chi connectivity index (χ1n) is 10.9. The van der Waals surface area contributed by atoms with Crippen molar-refractivity contribution in [2.75, 3.05) is 13.2 Å². The second-order valence-corrected chi connectivity index (χ2v) is 8.54. The Balaban J connectivity index is 1.68. The molecule has 5 nitrogen and oxygen atoms in total. The summed E-state index contributed by atoms with van der Waals surface area (Å²) < 4.78 is 5.67. The lowest BCUT2D eigenvalue weighted by atomic mass is 9.74. The van der Waals surface area contributed by atoms with Crippen molar-refractivity contribution >= 4 is 5.78 Å². The van der Waals surface area contributed by atoms with Crippen LogP contribution in [-0.4, -0.2) is 46.5 Å². The smallest absolute Gasteiger partial charge is 0.195 e. The minimum atomic E-state index is -0.510. The molecular weight excluding hydrogens is 368 g/mol. The van der Waals surface area contributed by atoms with Crippen LogP contribution in [0.1, 0.15) is 50.2 Å². The maximum atomic E-state index is 11.4. The monoisotopic (exact) mass is 402 g/mol. The van der Waals surface area contributed by atoms with Gasteiger partial charge < -0.3 is 20.1 Å². The lowest BCUT2D eigenvalue weighted by Crippen LogP contribution is -2.26. The molecule has 0 bridgehead atoms. The average Bonchev–Trinajstić information content (AvgIpc) is 3.02. The van der Waals surface area contributed by atoms with Crippen LogP contribution in [0.4, 0.5) is 0 Å². The minimum absolute atomic E-state index is 0.0644. The highest BCUT2D eigenvalue weighted by molar-refractivity contribution is 5.80. The van der Waals surface area contributed by atoms with Crippen LogP contribution in [0.15, 0.2) is 30.4 Å². The van der Waals surface area contributed by atoms with Crippen LogP contribution in [0.2, 0.25) is 0 Å². The normalized spacial score (nSPS) is 26.9. The Morgan fingerprint density at radius 2 is 2.14 bits per heavy atom. The van der Waals surface area contributed by atoms with E-state index in [9.17, 15) is 15.0 Å². The summed E-state index contributed by atoms with van der Waals surface area (Å²) in [5.74, 6) is 1.15.